The molecule has 2 amide bonds. The molecule has 2 aromatic heterocycles. The normalized spacial score (nSPS) is 13.7. The average molecular weight is 906 g/mol. The van der Waals surface area contributed by atoms with Crippen LogP contribution in [0.1, 0.15) is 49.2 Å². The minimum atomic E-state index is -0.0591. The van der Waals surface area contributed by atoms with Gasteiger partial charge in [0.1, 0.15) is 35.4 Å². The van der Waals surface area contributed by atoms with Gasteiger partial charge in [-0.15, -0.1) is 0 Å². The number of carbonyl (C=O) groups excluding carboxylic acids is 2. The van der Waals surface area contributed by atoms with Crippen LogP contribution in [0.15, 0.2) is 130 Å². The zero-order chi connectivity index (χ0) is 46.7. The number of rotatable bonds is 13. The van der Waals surface area contributed by atoms with Gasteiger partial charge in [0.2, 0.25) is 5.82 Å². The highest BCUT2D eigenvalue weighted by molar-refractivity contribution is 5.97. The number of aryl methyl sites for hydroxylation is 3. The van der Waals surface area contributed by atoms with Crippen molar-refractivity contribution in [1.82, 2.24) is 25.1 Å². The van der Waals surface area contributed by atoms with Gasteiger partial charge in [0.05, 0.1) is 48.0 Å². The molecule has 4 heterocycles. The fourth-order valence-corrected chi connectivity index (χ4v) is 8.09. The van der Waals surface area contributed by atoms with E-state index in [1.807, 2.05) is 140 Å². The Bertz CT molecular complexity index is 2740. The Labute approximate surface area is 390 Å². The molecule has 0 N–H and O–H groups in total. The molecule has 0 radical (unpaired) electrons. The van der Waals surface area contributed by atoms with Crippen LogP contribution in [0.3, 0.4) is 0 Å². The summed E-state index contributed by atoms with van der Waals surface area (Å²) in [5, 5.41) is 8.01. The molecule has 346 valence electrons. The van der Waals surface area contributed by atoms with E-state index in [2.05, 4.69) is 25.1 Å². The van der Waals surface area contributed by atoms with E-state index in [1.54, 1.807) is 26.4 Å². The van der Waals surface area contributed by atoms with Crippen LogP contribution >= 0.6 is 0 Å². The van der Waals surface area contributed by atoms with Crippen LogP contribution in [0.4, 0.5) is 11.4 Å². The summed E-state index contributed by atoms with van der Waals surface area (Å²) in [5.41, 5.74) is 6.93. The number of hydrogen-bond acceptors (Lipinski definition) is 13. The molecule has 9 rings (SSSR count). The molecule has 0 aliphatic carbocycles. The predicted octanol–water partition coefficient (Wildman–Crippen LogP) is 8.44. The third-order valence-corrected chi connectivity index (χ3v) is 11.9. The van der Waals surface area contributed by atoms with Crippen molar-refractivity contribution in [1.29, 1.82) is 0 Å². The summed E-state index contributed by atoms with van der Waals surface area (Å²) in [4.78, 5) is 39.3. The Morgan fingerprint density at radius 1 is 0.537 bits per heavy atom. The number of carbonyl (C=O) groups is 2. The van der Waals surface area contributed by atoms with Gasteiger partial charge in [-0.3, -0.25) is 9.59 Å². The van der Waals surface area contributed by atoms with Crippen LogP contribution in [0.5, 0.6) is 23.0 Å². The van der Waals surface area contributed by atoms with E-state index in [9.17, 15) is 9.59 Å². The number of hydrogen-bond donors (Lipinski definition) is 0. The van der Waals surface area contributed by atoms with Gasteiger partial charge >= 0.3 is 0 Å². The van der Waals surface area contributed by atoms with Crippen molar-refractivity contribution in [2.24, 2.45) is 0 Å². The zero-order valence-corrected chi connectivity index (χ0v) is 38.5. The Hall–Kier alpha value is -7.81. The lowest BCUT2D eigenvalue weighted by Crippen LogP contribution is -2.49. The number of benzene rings is 5. The number of piperazine rings is 2. The maximum absolute atomic E-state index is 13.4. The lowest BCUT2D eigenvalue weighted by atomic mass is 10.1. The van der Waals surface area contributed by atoms with Crippen LogP contribution in [-0.2, 0) is 13.2 Å². The molecule has 5 aromatic carbocycles. The number of para-hydroxylation sites is 6. The predicted molar refractivity (Wildman–Crippen MR) is 254 cm³/mol. The van der Waals surface area contributed by atoms with E-state index in [4.69, 9.17) is 28.0 Å². The van der Waals surface area contributed by atoms with Gasteiger partial charge in [0.25, 0.3) is 17.7 Å². The standard InChI is InChI=1S/C28H28N4O4.C24H27N3O4/c1-20-11-13-21(14-12-20)27-29-26(36-30-27)19-35-24-9-5-3-7-22(24)28(33)32-17-15-31(16-18-32)23-8-4-6-10-25(23)34-2;1-17-20(18(2)31-25-17)16-30-22-10-6-4-8-19(22)24(28)27-14-12-26(13-15-27)21-9-5-7-11-23(21)29-3/h3-14H,15-19H2,1-2H3;4-11H,12-16H2,1-3H3. The minimum Gasteiger partial charge on any atom is -0.495 e. The molecular formula is C52H55N7O8. The van der Waals surface area contributed by atoms with Crippen LogP contribution < -0.4 is 28.7 Å². The summed E-state index contributed by atoms with van der Waals surface area (Å²) in [6, 6.07) is 38.5. The maximum atomic E-state index is 13.4. The van der Waals surface area contributed by atoms with Crippen molar-refractivity contribution in [2.75, 3.05) is 76.4 Å². The molecule has 15 nitrogen and oxygen atoms in total. The number of ether oxygens (including phenoxy) is 4. The quantitative estimate of drug-likeness (QED) is 0.109. The largest absolute Gasteiger partial charge is 0.495 e. The molecule has 15 heteroatoms. The molecule has 0 saturated carbocycles. The van der Waals surface area contributed by atoms with Crippen LogP contribution in [0, 0.1) is 20.8 Å². The molecule has 0 atom stereocenters. The van der Waals surface area contributed by atoms with Gasteiger partial charge in [-0.1, -0.05) is 88.7 Å². The summed E-state index contributed by atoms with van der Waals surface area (Å²) >= 11 is 0. The second-order valence-electron chi connectivity index (χ2n) is 16.2. The van der Waals surface area contributed by atoms with Crippen LogP contribution in [0.2, 0.25) is 0 Å². The van der Waals surface area contributed by atoms with Crippen molar-refractivity contribution in [3.63, 3.8) is 0 Å². The molecule has 2 aliphatic heterocycles. The van der Waals surface area contributed by atoms with Gasteiger partial charge in [-0.25, -0.2) is 0 Å². The SMILES string of the molecule is COc1ccccc1N1CCN(C(=O)c2ccccc2OCc2c(C)noc2C)CC1.COc1ccccc1N1CCN(C(=O)c2ccccc2OCc2nc(-c3ccc(C)cc3)no2)CC1. The number of amides is 2. The minimum absolute atomic E-state index is 0.0194. The van der Waals surface area contributed by atoms with Crippen molar-refractivity contribution in [3.05, 3.63) is 161 Å². The monoisotopic (exact) mass is 905 g/mol. The Kier molecular flexibility index (Phi) is 14.6. The Morgan fingerprint density at radius 3 is 1.48 bits per heavy atom. The van der Waals surface area contributed by atoms with E-state index in [0.717, 1.165) is 77.2 Å². The zero-order valence-electron chi connectivity index (χ0n) is 38.5. The molecule has 2 aliphatic rings. The third kappa shape index (κ3) is 10.8. The number of methoxy groups -OCH3 is 2. The molecular weight excluding hydrogens is 851 g/mol. The van der Waals surface area contributed by atoms with Crippen LogP contribution in [-0.4, -0.2) is 103 Å². The van der Waals surface area contributed by atoms with Crippen molar-refractivity contribution in [2.45, 2.75) is 34.0 Å². The second-order valence-corrected chi connectivity index (χ2v) is 16.2. The first-order valence-electron chi connectivity index (χ1n) is 22.3. The first kappa shape index (κ1) is 45.7. The Balaban J connectivity index is 0.000000184. The highest BCUT2D eigenvalue weighted by Gasteiger charge is 2.28. The van der Waals surface area contributed by atoms with E-state index in [-0.39, 0.29) is 18.4 Å². The fourth-order valence-electron chi connectivity index (χ4n) is 8.09. The van der Waals surface area contributed by atoms with Crippen molar-refractivity contribution in [3.8, 4) is 34.4 Å². The fraction of sp³-hybridized carbons (Fsp3) is 0.288. The molecule has 0 spiro atoms. The van der Waals surface area contributed by atoms with E-state index in [0.29, 0.717) is 67.1 Å². The average Bonchev–Trinajstić information content (AvgIpc) is 4.00. The molecule has 0 bridgehead atoms. The van der Waals surface area contributed by atoms with E-state index in [1.165, 1.54) is 0 Å². The van der Waals surface area contributed by atoms with Crippen molar-refractivity contribution < 1.29 is 37.6 Å². The third-order valence-electron chi connectivity index (χ3n) is 11.9. The lowest BCUT2D eigenvalue weighted by Gasteiger charge is -2.36. The molecule has 0 unspecified atom stereocenters. The second kappa shape index (κ2) is 21.5. The topological polar surface area (TPSA) is 149 Å². The summed E-state index contributed by atoms with van der Waals surface area (Å²) < 4.78 is 33.5. The van der Waals surface area contributed by atoms with Gasteiger partial charge < -0.3 is 47.6 Å². The molecule has 2 fully saturated rings. The van der Waals surface area contributed by atoms with Gasteiger partial charge in [-0.2, -0.15) is 4.98 Å². The summed E-state index contributed by atoms with van der Waals surface area (Å²) in [7, 11) is 3.35. The highest BCUT2D eigenvalue weighted by Crippen LogP contribution is 2.31. The first-order chi connectivity index (χ1) is 32.7. The lowest BCUT2D eigenvalue weighted by molar-refractivity contribution is 0.0733. The molecule has 7 aromatic rings. The molecule has 2 saturated heterocycles. The smallest absolute Gasteiger partial charge is 0.264 e. The van der Waals surface area contributed by atoms with Gasteiger partial charge in [0.15, 0.2) is 6.61 Å². The Morgan fingerprint density at radius 2 is 1.00 bits per heavy atom. The first-order valence-corrected chi connectivity index (χ1v) is 22.3. The summed E-state index contributed by atoms with van der Waals surface area (Å²) in [5.74, 6) is 4.25. The van der Waals surface area contributed by atoms with Gasteiger partial charge in [-0.05, 0) is 69.3 Å². The van der Waals surface area contributed by atoms with E-state index >= 15 is 0 Å². The van der Waals surface area contributed by atoms with E-state index < -0.39 is 0 Å². The van der Waals surface area contributed by atoms with Gasteiger partial charge in [0, 0.05) is 57.9 Å². The highest BCUT2D eigenvalue weighted by atomic mass is 16.5. The number of anilines is 2. The number of nitrogens with zero attached hydrogens (tertiary/aromatic N) is 7. The summed E-state index contributed by atoms with van der Waals surface area (Å²) in [6.07, 6.45) is 0. The van der Waals surface area contributed by atoms with Crippen molar-refractivity contribution >= 4 is 23.2 Å². The van der Waals surface area contributed by atoms with Crippen LogP contribution in [0.25, 0.3) is 11.4 Å². The number of aromatic nitrogens is 3. The maximum Gasteiger partial charge on any atom is 0.264 e. The summed E-state index contributed by atoms with van der Waals surface area (Å²) in [6.45, 7) is 11.6. The molecule has 67 heavy (non-hydrogen) atoms.